The highest BCUT2D eigenvalue weighted by molar-refractivity contribution is 5.80. The van der Waals surface area contributed by atoms with E-state index in [1.54, 1.807) is 0 Å². The SMILES string of the molecule is CC.Cc1ccccc1-c1cc2c(cc1C)-c1ccccc1CC2. The molecule has 122 valence electrons. The molecule has 0 N–H and O–H groups in total. The zero-order valence-electron chi connectivity index (χ0n) is 15.2. The monoisotopic (exact) mass is 314 g/mol. The molecule has 0 spiro atoms. The minimum Gasteiger partial charge on any atom is -0.0683 e. The van der Waals surface area contributed by atoms with Crippen LogP contribution in [0.4, 0.5) is 0 Å². The van der Waals surface area contributed by atoms with Crippen molar-refractivity contribution in [3.63, 3.8) is 0 Å². The van der Waals surface area contributed by atoms with Crippen molar-refractivity contribution in [2.24, 2.45) is 0 Å². The van der Waals surface area contributed by atoms with Crippen LogP contribution in [0.5, 0.6) is 0 Å². The Morgan fingerprint density at radius 2 is 1.17 bits per heavy atom. The second-order valence-electron chi connectivity index (χ2n) is 6.30. The minimum atomic E-state index is 1.14. The Balaban J connectivity index is 0.000000815. The van der Waals surface area contributed by atoms with Crippen LogP contribution < -0.4 is 0 Å². The summed E-state index contributed by atoms with van der Waals surface area (Å²) in [6, 6.07) is 22.3. The lowest BCUT2D eigenvalue weighted by molar-refractivity contribution is 0.941. The van der Waals surface area contributed by atoms with Gasteiger partial charge in [0.15, 0.2) is 0 Å². The van der Waals surface area contributed by atoms with Crippen molar-refractivity contribution in [1.29, 1.82) is 0 Å². The van der Waals surface area contributed by atoms with Crippen LogP contribution >= 0.6 is 0 Å². The molecular weight excluding hydrogens is 288 g/mol. The molecule has 0 bridgehead atoms. The second-order valence-corrected chi connectivity index (χ2v) is 6.30. The molecule has 0 nitrogen and oxygen atoms in total. The van der Waals surface area contributed by atoms with Crippen LogP contribution in [0.2, 0.25) is 0 Å². The third-order valence-electron chi connectivity index (χ3n) is 4.86. The van der Waals surface area contributed by atoms with Gasteiger partial charge in [0, 0.05) is 0 Å². The molecule has 0 heterocycles. The maximum Gasteiger partial charge on any atom is -0.0146 e. The van der Waals surface area contributed by atoms with Gasteiger partial charge in [-0.1, -0.05) is 74.5 Å². The smallest absolute Gasteiger partial charge is 0.0146 e. The Hall–Kier alpha value is -2.34. The number of hydrogen-bond donors (Lipinski definition) is 0. The summed E-state index contributed by atoms with van der Waals surface area (Å²) >= 11 is 0. The summed E-state index contributed by atoms with van der Waals surface area (Å²) in [5.41, 5.74) is 11.3. The molecular formula is C24H26. The van der Waals surface area contributed by atoms with Gasteiger partial charge in [-0.2, -0.15) is 0 Å². The molecule has 0 aromatic heterocycles. The third kappa shape index (κ3) is 2.89. The van der Waals surface area contributed by atoms with Gasteiger partial charge in [0.1, 0.15) is 0 Å². The minimum absolute atomic E-state index is 1.14. The first kappa shape index (κ1) is 16.5. The lowest BCUT2D eigenvalue weighted by Gasteiger charge is -2.22. The first-order chi connectivity index (χ1) is 11.7. The normalized spacial score (nSPS) is 11.8. The molecule has 1 aliphatic carbocycles. The second kappa shape index (κ2) is 7.05. The van der Waals surface area contributed by atoms with Gasteiger partial charge in [0.05, 0.1) is 0 Å². The van der Waals surface area contributed by atoms with Gasteiger partial charge in [0.2, 0.25) is 0 Å². The fraction of sp³-hybridized carbons (Fsp3) is 0.250. The van der Waals surface area contributed by atoms with Crippen LogP contribution in [0, 0.1) is 13.8 Å². The quantitative estimate of drug-likeness (QED) is 0.465. The van der Waals surface area contributed by atoms with E-state index in [1.165, 1.54) is 44.5 Å². The molecule has 4 rings (SSSR count). The summed E-state index contributed by atoms with van der Waals surface area (Å²) in [4.78, 5) is 0. The van der Waals surface area contributed by atoms with Crippen molar-refractivity contribution >= 4 is 0 Å². The first-order valence-corrected chi connectivity index (χ1v) is 9.02. The third-order valence-corrected chi connectivity index (χ3v) is 4.86. The molecule has 1 aliphatic rings. The van der Waals surface area contributed by atoms with Gasteiger partial charge in [-0.3, -0.25) is 0 Å². The molecule has 0 saturated carbocycles. The van der Waals surface area contributed by atoms with E-state index in [4.69, 9.17) is 0 Å². The molecule has 24 heavy (non-hydrogen) atoms. The maximum absolute atomic E-state index is 2.42. The van der Waals surface area contributed by atoms with E-state index < -0.39 is 0 Å². The van der Waals surface area contributed by atoms with E-state index in [-0.39, 0.29) is 0 Å². The maximum atomic E-state index is 2.42. The van der Waals surface area contributed by atoms with E-state index in [9.17, 15) is 0 Å². The average Bonchev–Trinajstić information content (AvgIpc) is 2.63. The van der Waals surface area contributed by atoms with Crippen molar-refractivity contribution in [2.45, 2.75) is 40.5 Å². The van der Waals surface area contributed by atoms with Crippen molar-refractivity contribution in [2.75, 3.05) is 0 Å². The number of rotatable bonds is 1. The van der Waals surface area contributed by atoms with Gasteiger partial charge in [-0.05, 0) is 71.2 Å². The van der Waals surface area contributed by atoms with Gasteiger partial charge >= 0.3 is 0 Å². The summed E-state index contributed by atoms with van der Waals surface area (Å²) in [6.45, 7) is 8.43. The molecule has 0 saturated heterocycles. The summed E-state index contributed by atoms with van der Waals surface area (Å²) in [7, 11) is 0. The average molecular weight is 314 g/mol. The number of fused-ring (bicyclic) bond motifs is 3. The van der Waals surface area contributed by atoms with Crippen molar-refractivity contribution in [3.05, 3.63) is 82.9 Å². The molecule has 3 aromatic carbocycles. The Kier molecular flexibility index (Phi) is 4.85. The van der Waals surface area contributed by atoms with Gasteiger partial charge < -0.3 is 0 Å². The Labute approximate surface area is 146 Å². The predicted molar refractivity (Wildman–Crippen MR) is 106 cm³/mol. The molecule has 3 aromatic rings. The number of aryl methyl sites for hydroxylation is 4. The van der Waals surface area contributed by atoms with E-state index >= 15 is 0 Å². The van der Waals surface area contributed by atoms with Gasteiger partial charge in [-0.15, -0.1) is 0 Å². The predicted octanol–water partition coefficient (Wildman–Crippen LogP) is 6.76. The molecule has 0 heteroatoms. The molecule has 0 unspecified atom stereocenters. The Morgan fingerprint density at radius 3 is 1.92 bits per heavy atom. The summed E-state index contributed by atoms with van der Waals surface area (Å²) in [5.74, 6) is 0. The van der Waals surface area contributed by atoms with E-state index in [2.05, 4.69) is 74.5 Å². The van der Waals surface area contributed by atoms with E-state index in [1.807, 2.05) is 13.8 Å². The van der Waals surface area contributed by atoms with Crippen molar-refractivity contribution in [3.8, 4) is 22.3 Å². The van der Waals surface area contributed by atoms with Crippen LogP contribution in [0.1, 0.15) is 36.1 Å². The summed E-state index contributed by atoms with van der Waals surface area (Å²) < 4.78 is 0. The molecule has 0 amide bonds. The van der Waals surface area contributed by atoms with Crippen LogP contribution in [-0.4, -0.2) is 0 Å². The van der Waals surface area contributed by atoms with Crippen molar-refractivity contribution < 1.29 is 0 Å². The fourth-order valence-corrected chi connectivity index (χ4v) is 3.65. The zero-order chi connectivity index (χ0) is 17.1. The summed E-state index contributed by atoms with van der Waals surface area (Å²) in [5, 5.41) is 0. The highest BCUT2D eigenvalue weighted by atomic mass is 14.2. The van der Waals surface area contributed by atoms with Crippen LogP contribution in [0.15, 0.2) is 60.7 Å². The Morgan fingerprint density at radius 1 is 0.542 bits per heavy atom. The zero-order valence-corrected chi connectivity index (χ0v) is 15.2. The Bertz CT molecular complexity index is 856. The van der Waals surface area contributed by atoms with E-state index in [0.717, 1.165) is 12.8 Å². The van der Waals surface area contributed by atoms with Crippen LogP contribution in [0.3, 0.4) is 0 Å². The highest BCUT2D eigenvalue weighted by Crippen LogP contribution is 2.38. The van der Waals surface area contributed by atoms with Crippen LogP contribution in [0.25, 0.3) is 22.3 Å². The summed E-state index contributed by atoms with van der Waals surface area (Å²) in [6.07, 6.45) is 2.30. The lowest BCUT2D eigenvalue weighted by atomic mass is 9.82. The topological polar surface area (TPSA) is 0 Å². The van der Waals surface area contributed by atoms with E-state index in [0.29, 0.717) is 0 Å². The number of benzene rings is 3. The molecule has 0 fully saturated rings. The lowest BCUT2D eigenvalue weighted by Crippen LogP contribution is -2.05. The van der Waals surface area contributed by atoms with Crippen LogP contribution in [-0.2, 0) is 12.8 Å². The largest absolute Gasteiger partial charge is 0.0683 e. The van der Waals surface area contributed by atoms with Crippen molar-refractivity contribution in [1.82, 2.24) is 0 Å². The highest BCUT2D eigenvalue weighted by Gasteiger charge is 2.17. The van der Waals surface area contributed by atoms with Gasteiger partial charge in [-0.25, -0.2) is 0 Å². The molecule has 0 atom stereocenters. The first-order valence-electron chi connectivity index (χ1n) is 9.02. The fourth-order valence-electron chi connectivity index (χ4n) is 3.65. The molecule has 0 aliphatic heterocycles. The molecule has 0 radical (unpaired) electrons. The van der Waals surface area contributed by atoms with Gasteiger partial charge in [0.25, 0.3) is 0 Å². The standard InChI is InChI=1S/C22H20.C2H6/c1-15-7-3-5-9-19(15)21-14-18-12-11-17-8-4-6-10-20(17)22(18)13-16(21)2;1-2/h3-10,13-14H,11-12H2,1-2H3;1-2H3. The number of hydrogen-bond acceptors (Lipinski definition) is 0.